The average Bonchev–Trinajstić information content (AvgIpc) is 2.67. The zero-order chi connectivity index (χ0) is 25.9. The summed E-state index contributed by atoms with van der Waals surface area (Å²) in [5.74, 6) is -9.08. The lowest BCUT2D eigenvalue weighted by Crippen LogP contribution is -2.58. The van der Waals surface area contributed by atoms with Crippen LogP contribution in [0.1, 0.15) is 32.6 Å². The van der Waals surface area contributed by atoms with Crippen molar-refractivity contribution in [2.75, 3.05) is 0 Å². The molecule has 186 valence electrons. The molecule has 0 heterocycles. The maximum atomic E-state index is 12.6. The minimum Gasteiger partial charge on any atom is -0.481 e. The van der Waals surface area contributed by atoms with Crippen LogP contribution in [0.3, 0.4) is 0 Å². The lowest BCUT2D eigenvalue weighted by molar-refractivity contribution is -0.147. The van der Waals surface area contributed by atoms with Gasteiger partial charge >= 0.3 is 17.9 Å². The van der Waals surface area contributed by atoms with Gasteiger partial charge in [0.05, 0.1) is 18.9 Å². The fraction of sp³-hybridized carbons (Fsp3) is 0.588. The number of hydrogen-bond acceptors (Lipinski definition) is 9. The highest BCUT2D eigenvalue weighted by Crippen LogP contribution is 2.04. The molecule has 16 nitrogen and oxygen atoms in total. The van der Waals surface area contributed by atoms with Crippen molar-refractivity contribution in [2.45, 2.75) is 62.9 Å². The molecule has 0 radical (unpaired) electrons. The number of carboxylic acids is 3. The summed E-state index contributed by atoms with van der Waals surface area (Å²) < 4.78 is 0. The summed E-state index contributed by atoms with van der Waals surface area (Å²) in [6.45, 7) is 1.19. The highest BCUT2D eigenvalue weighted by Gasteiger charge is 2.32. The predicted octanol–water partition coefficient (Wildman–Crippen LogP) is -4.55. The van der Waals surface area contributed by atoms with E-state index in [1.165, 1.54) is 6.92 Å². The molecule has 0 saturated heterocycles. The van der Waals surface area contributed by atoms with E-state index in [0.29, 0.717) is 0 Å². The van der Waals surface area contributed by atoms with Crippen LogP contribution < -0.4 is 27.4 Å². The van der Waals surface area contributed by atoms with Crippen LogP contribution in [0.15, 0.2) is 0 Å². The fourth-order valence-corrected chi connectivity index (χ4v) is 2.35. The van der Waals surface area contributed by atoms with Crippen LogP contribution in [0, 0.1) is 0 Å². The molecular formula is C17H27N5O11. The Morgan fingerprint density at radius 2 is 1.24 bits per heavy atom. The number of carboxylic acid groups (broad SMARTS) is 3. The number of nitrogens with two attached hydrogens (primary N) is 2. The third-order valence-electron chi connectivity index (χ3n) is 4.13. The molecule has 0 spiro atoms. The Morgan fingerprint density at radius 3 is 1.67 bits per heavy atom. The Hall–Kier alpha value is -3.79. The SMILES string of the molecule is CC(O)C(N)C(=O)NC(CC(N)=O)C(=O)NC(CCC(=O)O)C(=O)NC(CC(=O)O)C(=O)O. The first kappa shape index (κ1) is 29.2. The summed E-state index contributed by atoms with van der Waals surface area (Å²) in [6, 6.07) is -6.72. The van der Waals surface area contributed by atoms with Crippen LogP contribution in [-0.4, -0.2) is 92.2 Å². The number of carbonyl (C=O) groups is 7. The van der Waals surface area contributed by atoms with Gasteiger partial charge in [-0.05, 0) is 13.3 Å². The van der Waals surface area contributed by atoms with Gasteiger partial charge in [-0.2, -0.15) is 0 Å². The van der Waals surface area contributed by atoms with E-state index in [2.05, 4.69) is 10.6 Å². The van der Waals surface area contributed by atoms with E-state index in [9.17, 15) is 38.7 Å². The van der Waals surface area contributed by atoms with Crippen LogP contribution in [-0.2, 0) is 33.6 Å². The molecule has 4 amide bonds. The fourth-order valence-electron chi connectivity index (χ4n) is 2.35. The van der Waals surface area contributed by atoms with Crippen molar-refractivity contribution in [3.63, 3.8) is 0 Å². The second-order valence-corrected chi connectivity index (χ2v) is 6.99. The number of hydrogen-bond donors (Lipinski definition) is 9. The highest BCUT2D eigenvalue weighted by molar-refractivity contribution is 5.96. The van der Waals surface area contributed by atoms with Crippen molar-refractivity contribution in [3.05, 3.63) is 0 Å². The summed E-state index contributed by atoms with van der Waals surface area (Å²) in [4.78, 5) is 81.2. The van der Waals surface area contributed by atoms with Crippen LogP contribution in [0.5, 0.6) is 0 Å². The van der Waals surface area contributed by atoms with E-state index in [1.54, 1.807) is 0 Å². The molecule has 0 fully saturated rings. The minimum absolute atomic E-state index is 0.545. The minimum atomic E-state index is -1.88. The molecule has 0 aromatic carbocycles. The van der Waals surface area contributed by atoms with Gasteiger partial charge in [0.25, 0.3) is 0 Å². The summed E-state index contributed by atoms with van der Waals surface area (Å²) >= 11 is 0. The lowest BCUT2D eigenvalue weighted by atomic mass is 10.1. The van der Waals surface area contributed by atoms with Gasteiger partial charge in [-0.15, -0.1) is 0 Å². The first-order chi connectivity index (χ1) is 15.1. The van der Waals surface area contributed by atoms with E-state index < -0.39 is 97.5 Å². The standard InChI is InChI=1S/C17H27N5O11/c1-6(23)13(19)16(31)21-8(4-10(18)24)15(30)20-7(2-3-11(25)26)14(29)22-9(17(32)33)5-12(27)28/h6-9,13,23H,2-5,19H2,1H3,(H2,18,24)(H,20,30)(H,21,31)(H,22,29)(H,25,26)(H,27,28)(H,32,33). The Balaban J connectivity index is 5.63. The molecule has 11 N–H and O–H groups in total. The van der Waals surface area contributed by atoms with Gasteiger partial charge in [0.15, 0.2) is 0 Å². The van der Waals surface area contributed by atoms with Crippen LogP contribution in [0.2, 0.25) is 0 Å². The zero-order valence-electron chi connectivity index (χ0n) is 17.5. The van der Waals surface area contributed by atoms with Crippen LogP contribution >= 0.6 is 0 Å². The van der Waals surface area contributed by atoms with Gasteiger partial charge in [-0.25, -0.2) is 4.79 Å². The van der Waals surface area contributed by atoms with Crippen LogP contribution in [0.25, 0.3) is 0 Å². The molecule has 0 aromatic rings. The molecule has 5 atom stereocenters. The second-order valence-electron chi connectivity index (χ2n) is 6.99. The molecule has 16 heteroatoms. The van der Waals surface area contributed by atoms with Gasteiger partial charge in [0.1, 0.15) is 24.2 Å². The van der Waals surface area contributed by atoms with E-state index >= 15 is 0 Å². The Labute approximate surface area is 186 Å². The van der Waals surface area contributed by atoms with Crippen molar-refractivity contribution < 1.29 is 54.0 Å². The first-order valence-electron chi connectivity index (χ1n) is 9.45. The molecule has 0 bridgehead atoms. The van der Waals surface area contributed by atoms with Gasteiger partial charge in [0.2, 0.25) is 23.6 Å². The van der Waals surface area contributed by atoms with Crippen molar-refractivity contribution in [2.24, 2.45) is 11.5 Å². The summed E-state index contributed by atoms with van der Waals surface area (Å²) in [7, 11) is 0. The van der Waals surface area contributed by atoms with Crippen molar-refractivity contribution in [3.8, 4) is 0 Å². The topological polar surface area (TPSA) is 289 Å². The molecule has 0 saturated carbocycles. The van der Waals surface area contributed by atoms with Crippen molar-refractivity contribution in [1.82, 2.24) is 16.0 Å². The third kappa shape index (κ3) is 11.4. The first-order valence-corrected chi connectivity index (χ1v) is 9.45. The monoisotopic (exact) mass is 477 g/mol. The normalized spacial score (nSPS) is 15.1. The van der Waals surface area contributed by atoms with E-state index in [-0.39, 0.29) is 0 Å². The molecule has 5 unspecified atom stereocenters. The Kier molecular flexibility index (Phi) is 12.0. The molecule has 0 aromatic heterocycles. The lowest BCUT2D eigenvalue weighted by Gasteiger charge is -2.24. The number of nitrogens with one attached hydrogen (secondary N) is 3. The molecule has 0 aliphatic carbocycles. The number of primary amides is 1. The maximum absolute atomic E-state index is 12.6. The average molecular weight is 477 g/mol. The third-order valence-corrected chi connectivity index (χ3v) is 4.13. The van der Waals surface area contributed by atoms with Gasteiger partial charge < -0.3 is 47.8 Å². The second kappa shape index (κ2) is 13.6. The van der Waals surface area contributed by atoms with E-state index in [1.807, 2.05) is 5.32 Å². The molecule has 33 heavy (non-hydrogen) atoms. The van der Waals surface area contributed by atoms with Gasteiger partial charge in [-0.1, -0.05) is 0 Å². The van der Waals surface area contributed by atoms with Crippen molar-refractivity contribution >= 4 is 41.5 Å². The summed E-state index contributed by atoms with van der Waals surface area (Å²) in [5, 5.41) is 42.0. The number of aliphatic carboxylic acids is 3. The van der Waals surface area contributed by atoms with Crippen molar-refractivity contribution in [1.29, 1.82) is 0 Å². The smallest absolute Gasteiger partial charge is 0.326 e. The van der Waals surface area contributed by atoms with E-state index in [4.69, 9.17) is 26.8 Å². The van der Waals surface area contributed by atoms with Gasteiger partial charge in [0, 0.05) is 6.42 Å². The molecule has 0 aliphatic rings. The zero-order valence-corrected chi connectivity index (χ0v) is 17.5. The molecule has 0 aliphatic heterocycles. The number of rotatable bonds is 15. The molecule has 0 rings (SSSR count). The predicted molar refractivity (Wildman–Crippen MR) is 106 cm³/mol. The highest BCUT2D eigenvalue weighted by atomic mass is 16.4. The quantitative estimate of drug-likeness (QED) is 0.108. The Bertz CT molecular complexity index is 785. The Morgan fingerprint density at radius 1 is 0.758 bits per heavy atom. The van der Waals surface area contributed by atoms with Crippen LogP contribution in [0.4, 0.5) is 0 Å². The largest absolute Gasteiger partial charge is 0.481 e. The number of amides is 4. The molecular weight excluding hydrogens is 450 g/mol. The van der Waals surface area contributed by atoms with Gasteiger partial charge in [-0.3, -0.25) is 28.8 Å². The number of aliphatic hydroxyl groups is 1. The van der Waals surface area contributed by atoms with E-state index in [0.717, 1.165) is 0 Å². The summed E-state index contributed by atoms with van der Waals surface area (Å²) in [6.07, 6.45) is -4.28. The maximum Gasteiger partial charge on any atom is 0.326 e. The number of aliphatic hydroxyl groups excluding tert-OH is 1. The summed E-state index contributed by atoms with van der Waals surface area (Å²) in [5.41, 5.74) is 10.5. The number of carbonyl (C=O) groups excluding carboxylic acids is 4.